The average molecular weight is 252 g/mol. The summed E-state index contributed by atoms with van der Waals surface area (Å²) in [6.45, 7) is 0.538. The van der Waals surface area contributed by atoms with Crippen molar-refractivity contribution >= 4 is 0 Å². The number of nitrogens with one attached hydrogen (secondary N) is 1. The summed E-state index contributed by atoms with van der Waals surface area (Å²) in [5, 5.41) is 13.9. The highest BCUT2D eigenvalue weighted by atomic mass is 16.5. The van der Waals surface area contributed by atoms with Crippen molar-refractivity contribution in [3.8, 4) is 17.1 Å². The molecule has 5 heteroatoms. The lowest BCUT2D eigenvalue weighted by Crippen LogP contribution is -1.95. The summed E-state index contributed by atoms with van der Waals surface area (Å²) in [5.41, 5.74) is 2.01. The van der Waals surface area contributed by atoms with E-state index in [-0.39, 0.29) is 0 Å². The second-order valence-corrected chi connectivity index (χ2v) is 4.04. The molecule has 1 N–H and O–H groups in total. The van der Waals surface area contributed by atoms with E-state index in [4.69, 9.17) is 4.74 Å². The molecule has 94 valence electrons. The highest BCUT2D eigenvalue weighted by molar-refractivity contribution is 5.56. The number of nitrogens with zero attached hydrogens (tertiary/aromatic N) is 3. The molecular weight excluding hydrogens is 240 g/mol. The predicted octanol–water partition coefficient (Wildman–Crippen LogP) is 2.45. The van der Waals surface area contributed by atoms with E-state index in [1.165, 1.54) is 0 Å². The van der Waals surface area contributed by atoms with Crippen molar-refractivity contribution in [2.45, 2.75) is 6.61 Å². The van der Waals surface area contributed by atoms with E-state index in [0.717, 1.165) is 16.9 Å². The number of benzene rings is 2. The van der Waals surface area contributed by atoms with Crippen LogP contribution < -0.4 is 4.74 Å². The van der Waals surface area contributed by atoms with Gasteiger partial charge in [-0.1, -0.05) is 42.5 Å². The van der Waals surface area contributed by atoms with Crippen molar-refractivity contribution in [3.63, 3.8) is 0 Å². The zero-order valence-corrected chi connectivity index (χ0v) is 10.2. The van der Waals surface area contributed by atoms with E-state index in [1.54, 1.807) is 0 Å². The van der Waals surface area contributed by atoms with Gasteiger partial charge in [-0.05, 0) is 22.9 Å². The molecule has 0 unspecified atom stereocenters. The second kappa shape index (κ2) is 5.30. The van der Waals surface area contributed by atoms with Gasteiger partial charge in [-0.25, -0.2) is 0 Å². The lowest BCUT2D eigenvalue weighted by atomic mass is 10.2. The van der Waals surface area contributed by atoms with E-state index in [9.17, 15) is 0 Å². The highest BCUT2D eigenvalue weighted by Gasteiger charge is 2.04. The lowest BCUT2D eigenvalue weighted by molar-refractivity contribution is 0.306. The summed E-state index contributed by atoms with van der Waals surface area (Å²) in [6.07, 6.45) is 0. The summed E-state index contributed by atoms with van der Waals surface area (Å²) in [4.78, 5) is 0. The van der Waals surface area contributed by atoms with Gasteiger partial charge in [0.15, 0.2) is 0 Å². The third-order valence-electron chi connectivity index (χ3n) is 2.69. The first-order chi connectivity index (χ1) is 9.42. The van der Waals surface area contributed by atoms with Crippen LogP contribution in [0.3, 0.4) is 0 Å². The number of hydrogen-bond donors (Lipinski definition) is 1. The van der Waals surface area contributed by atoms with Crippen LogP contribution in [-0.2, 0) is 6.61 Å². The molecule has 0 bridgehead atoms. The third kappa shape index (κ3) is 2.77. The van der Waals surface area contributed by atoms with Crippen LogP contribution in [0.1, 0.15) is 5.56 Å². The Bertz CT molecular complexity index is 638. The Labute approximate surface area is 110 Å². The molecule has 0 atom stereocenters. The van der Waals surface area contributed by atoms with Gasteiger partial charge < -0.3 is 4.74 Å². The Kier molecular flexibility index (Phi) is 3.18. The molecule has 1 aromatic heterocycles. The molecule has 0 fully saturated rings. The van der Waals surface area contributed by atoms with E-state index in [1.807, 2.05) is 54.6 Å². The minimum atomic E-state index is 0.538. The second-order valence-electron chi connectivity index (χ2n) is 4.04. The summed E-state index contributed by atoms with van der Waals surface area (Å²) >= 11 is 0. The van der Waals surface area contributed by atoms with Gasteiger partial charge >= 0.3 is 0 Å². The monoisotopic (exact) mass is 252 g/mol. The minimum Gasteiger partial charge on any atom is -0.489 e. The van der Waals surface area contributed by atoms with E-state index in [0.29, 0.717) is 12.4 Å². The van der Waals surface area contributed by atoms with Crippen LogP contribution in [0, 0.1) is 0 Å². The van der Waals surface area contributed by atoms with Gasteiger partial charge in [-0.2, -0.15) is 5.21 Å². The van der Waals surface area contributed by atoms with Crippen LogP contribution in [0.2, 0.25) is 0 Å². The van der Waals surface area contributed by atoms with E-state index < -0.39 is 0 Å². The molecule has 2 aromatic carbocycles. The first kappa shape index (κ1) is 11.4. The van der Waals surface area contributed by atoms with Crippen LogP contribution in [-0.4, -0.2) is 20.6 Å². The Morgan fingerprint density at radius 1 is 1.00 bits per heavy atom. The normalized spacial score (nSPS) is 10.3. The molecule has 3 aromatic rings. The largest absolute Gasteiger partial charge is 0.489 e. The Balaban J connectivity index is 1.74. The smallest absolute Gasteiger partial charge is 0.204 e. The van der Waals surface area contributed by atoms with E-state index in [2.05, 4.69) is 20.6 Å². The van der Waals surface area contributed by atoms with Crippen LogP contribution in [0.5, 0.6) is 5.75 Å². The molecular formula is C14H12N4O. The molecule has 0 aliphatic carbocycles. The fourth-order valence-electron chi connectivity index (χ4n) is 1.75. The van der Waals surface area contributed by atoms with Gasteiger partial charge in [0.2, 0.25) is 5.82 Å². The van der Waals surface area contributed by atoms with Crippen LogP contribution >= 0.6 is 0 Å². The zero-order chi connectivity index (χ0) is 12.9. The molecule has 0 radical (unpaired) electrons. The summed E-state index contributed by atoms with van der Waals surface area (Å²) in [7, 11) is 0. The maximum atomic E-state index is 5.74. The average Bonchev–Trinajstić information content (AvgIpc) is 3.01. The predicted molar refractivity (Wildman–Crippen MR) is 70.4 cm³/mol. The van der Waals surface area contributed by atoms with Gasteiger partial charge in [0.05, 0.1) is 0 Å². The molecule has 0 amide bonds. The van der Waals surface area contributed by atoms with Crippen LogP contribution in [0.15, 0.2) is 54.6 Å². The maximum Gasteiger partial charge on any atom is 0.204 e. The van der Waals surface area contributed by atoms with Gasteiger partial charge in [-0.15, -0.1) is 10.2 Å². The molecule has 3 rings (SSSR count). The van der Waals surface area contributed by atoms with Gasteiger partial charge in [0, 0.05) is 5.56 Å². The third-order valence-corrected chi connectivity index (χ3v) is 2.69. The van der Waals surface area contributed by atoms with Crippen molar-refractivity contribution in [3.05, 3.63) is 60.2 Å². The summed E-state index contributed by atoms with van der Waals surface area (Å²) < 4.78 is 5.74. The Morgan fingerprint density at radius 3 is 2.68 bits per heavy atom. The highest BCUT2D eigenvalue weighted by Crippen LogP contribution is 2.20. The number of H-pyrrole nitrogens is 1. The first-order valence-corrected chi connectivity index (χ1v) is 5.92. The zero-order valence-electron chi connectivity index (χ0n) is 10.2. The molecule has 1 heterocycles. The van der Waals surface area contributed by atoms with Crippen LogP contribution in [0.4, 0.5) is 0 Å². The number of ether oxygens (including phenoxy) is 1. The number of tetrazole rings is 1. The molecule has 0 aliphatic rings. The van der Waals surface area contributed by atoms with Gasteiger partial charge in [-0.3, -0.25) is 0 Å². The topological polar surface area (TPSA) is 63.7 Å². The van der Waals surface area contributed by atoms with Crippen molar-refractivity contribution in [1.29, 1.82) is 0 Å². The quantitative estimate of drug-likeness (QED) is 0.774. The maximum absolute atomic E-state index is 5.74. The minimum absolute atomic E-state index is 0.538. The fourth-order valence-corrected chi connectivity index (χ4v) is 1.75. The lowest BCUT2D eigenvalue weighted by Gasteiger charge is -2.06. The first-order valence-electron chi connectivity index (χ1n) is 5.92. The number of hydrogen-bond acceptors (Lipinski definition) is 4. The van der Waals surface area contributed by atoms with E-state index >= 15 is 0 Å². The fraction of sp³-hybridized carbons (Fsp3) is 0.0714. The van der Waals surface area contributed by atoms with Crippen molar-refractivity contribution < 1.29 is 4.74 Å². The van der Waals surface area contributed by atoms with Gasteiger partial charge in [0.25, 0.3) is 0 Å². The number of rotatable bonds is 4. The molecule has 5 nitrogen and oxygen atoms in total. The molecule has 0 spiro atoms. The van der Waals surface area contributed by atoms with Crippen molar-refractivity contribution in [2.24, 2.45) is 0 Å². The van der Waals surface area contributed by atoms with Crippen molar-refractivity contribution in [1.82, 2.24) is 20.6 Å². The van der Waals surface area contributed by atoms with Gasteiger partial charge in [0.1, 0.15) is 12.4 Å². The molecule has 0 saturated heterocycles. The summed E-state index contributed by atoms with van der Waals surface area (Å²) in [5.74, 6) is 1.34. The molecule has 19 heavy (non-hydrogen) atoms. The Hall–Kier alpha value is -2.69. The molecule has 0 saturated carbocycles. The SMILES string of the molecule is c1ccc(COc2cccc(-c3nn[nH]n3)c2)cc1. The number of aromatic nitrogens is 4. The van der Waals surface area contributed by atoms with Crippen molar-refractivity contribution in [2.75, 3.05) is 0 Å². The van der Waals surface area contributed by atoms with Crippen LogP contribution in [0.25, 0.3) is 11.4 Å². The standard InChI is InChI=1S/C14H12N4O/c1-2-5-11(6-3-1)10-19-13-8-4-7-12(9-13)14-15-17-18-16-14/h1-9H,10H2,(H,15,16,17,18). The molecule has 0 aliphatic heterocycles. The number of aromatic amines is 1. The Morgan fingerprint density at radius 2 is 1.89 bits per heavy atom. The summed E-state index contributed by atoms with van der Waals surface area (Å²) in [6, 6.07) is 17.7.